The van der Waals surface area contributed by atoms with Crippen LogP contribution in [0.1, 0.15) is 25.3 Å². The molecule has 0 saturated heterocycles. The van der Waals surface area contributed by atoms with Crippen LogP contribution in [-0.4, -0.2) is 18.7 Å². The molecule has 0 N–H and O–H groups in total. The van der Waals surface area contributed by atoms with E-state index < -0.39 is 0 Å². The van der Waals surface area contributed by atoms with Gasteiger partial charge in [0.15, 0.2) is 0 Å². The molecule has 100 valence electrons. The molecular weight excluding hydrogens is 238 g/mol. The first kappa shape index (κ1) is 13.4. The fourth-order valence-electron chi connectivity index (χ4n) is 1.89. The summed E-state index contributed by atoms with van der Waals surface area (Å²) in [5.74, 6) is 1.26. The Morgan fingerprint density at radius 3 is 2.84 bits per heavy atom. The molecule has 0 aliphatic rings. The predicted octanol–water partition coefficient (Wildman–Crippen LogP) is 4.03. The van der Waals surface area contributed by atoms with Crippen LogP contribution >= 0.6 is 0 Å². The van der Waals surface area contributed by atoms with Gasteiger partial charge in [0.1, 0.15) is 5.76 Å². The summed E-state index contributed by atoms with van der Waals surface area (Å²) in [5, 5.41) is 1.05. The summed E-state index contributed by atoms with van der Waals surface area (Å²) in [7, 11) is 1.61. The van der Waals surface area contributed by atoms with E-state index in [0.717, 1.165) is 29.3 Å². The third-order valence-corrected chi connectivity index (χ3v) is 2.98. The number of methoxy groups -OCH3 is 1. The standard InChI is InChI=1S/C16H19NO2/c1-4-5-11-19-12(2)14-8-6-7-13-9-10-15(18-3)17-16(13)14/h6-10H,2,4-5,11H2,1,3H3. The van der Waals surface area contributed by atoms with Crippen LogP contribution in [0, 0.1) is 0 Å². The van der Waals surface area contributed by atoms with E-state index in [1.54, 1.807) is 7.11 Å². The molecule has 0 aliphatic carbocycles. The summed E-state index contributed by atoms with van der Waals surface area (Å²) in [6.07, 6.45) is 2.13. The molecule has 1 heterocycles. The largest absolute Gasteiger partial charge is 0.494 e. The average molecular weight is 257 g/mol. The third kappa shape index (κ3) is 3.05. The van der Waals surface area contributed by atoms with E-state index in [9.17, 15) is 0 Å². The van der Waals surface area contributed by atoms with Crippen molar-refractivity contribution in [1.29, 1.82) is 0 Å². The lowest BCUT2D eigenvalue weighted by Crippen LogP contribution is -1.96. The molecular formula is C16H19NO2. The third-order valence-electron chi connectivity index (χ3n) is 2.98. The van der Waals surface area contributed by atoms with Gasteiger partial charge in [-0.3, -0.25) is 0 Å². The van der Waals surface area contributed by atoms with Crippen LogP contribution in [0.25, 0.3) is 16.7 Å². The van der Waals surface area contributed by atoms with Crippen molar-refractivity contribution in [2.75, 3.05) is 13.7 Å². The lowest BCUT2D eigenvalue weighted by molar-refractivity contribution is 0.271. The first-order valence-corrected chi connectivity index (χ1v) is 6.52. The van der Waals surface area contributed by atoms with Gasteiger partial charge in [0.25, 0.3) is 0 Å². The fourth-order valence-corrected chi connectivity index (χ4v) is 1.89. The van der Waals surface area contributed by atoms with Crippen LogP contribution in [0.15, 0.2) is 36.9 Å². The number of rotatable bonds is 6. The van der Waals surface area contributed by atoms with Crippen molar-refractivity contribution in [2.24, 2.45) is 0 Å². The normalized spacial score (nSPS) is 10.4. The Labute approximate surface area is 113 Å². The van der Waals surface area contributed by atoms with Crippen molar-refractivity contribution in [3.63, 3.8) is 0 Å². The van der Waals surface area contributed by atoms with Crippen LogP contribution in [0.5, 0.6) is 5.88 Å². The van der Waals surface area contributed by atoms with Crippen LogP contribution in [-0.2, 0) is 4.74 Å². The van der Waals surface area contributed by atoms with E-state index in [0.29, 0.717) is 18.2 Å². The highest BCUT2D eigenvalue weighted by molar-refractivity contribution is 5.89. The van der Waals surface area contributed by atoms with Gasteiger partial charge < -0.3 is 9.47 Å². The lowest BCUT2D eigenvalue weighted by Gasteiger charge is -2.11. The number of hydrogen-bond donors (Lipinski definition) is 0. The summed E-state index contributed by atoms with van der Waals surface area (Å²) in [6, 6.07) is 9.82. The summed E-state index contributed by atoms with van der Waals surface area (Å²) < 4.78 is 10.8. The monoisotopic (exact) mass is 257 g/mol. The van der Waals surface area contributed by atoms with Gasteiger partial charge in [0.2, 0.25) is 5.88 Å². The van der Waals surface area contributed by atoms with Crippen molar-refractivity contribution in [3.8, 4) is 5.88 Å². The highest BCUT2D eigenvalue weighted by atomic mass is 16.5. The molecule has 0 bridgehead atoms. The van der Waals surface area contributed by atoms with E-state index in [1.165, 1.54) is 0 Å². The Morgan fingerprint density at radius 1 is 1.26 bits per heavy atom. The molecule has 0 aliphatic heterocycles. The number of benzene rings is 1. The van der Waals surface area contributed by atoms with Gasteiger partial charge in [-0.05, 0) is 18.6 Å². The minimum Gasteiger partial charge on any atom is -0.494 e. The first-order valence-electron chi connectivity index (χ1n) is 6.52. The zero-order chi connectivity index (χ0) is 13.7. The minimum absolute atomic E-state index is 0.598. The number of hydrogen-bond acceptors (Lipinski definition) is 3. The Kier molecular flexibility index (Phi) is 4.39. The molecule has 19 heavy (non-hydrogen) atoms. The second-order valence-electron chi connectivity index (χ2n) is 4.36. The number of aromatic nitrogens is 1. The minimum atomic E-state index is 0.598. The molecule has 0 atom stereocenters. The number of nitrogens with zero attached hydrogens (tertiary/aromatic N) is 1. The van der Waals surface area contributed by atoms with Gasteiger partial charge in [0, 0.05) is 17.0 Å². The van der Waals surface area contributed by atoms with Crippen molar-refractivity contribution in [2.45, 2.75) is 19.8 Å². The number of para-hydroxylation sites is 1. The summed E-state index contributed by atoms with van der Waals surface area (Å²) in [5.41, 5.74) is 1.79. The molecule has 3 heteroatoms. The molecule has 2 aromatic rings. The molecule has 3 nitrogen and oxygen atoms in total. The van der Waals surface area contributed by atoms with Crippen LogP contribution in [0.4, 0.5) is 0 Å². The number of unbranched alkanes of at least 4 members (excludes halogenated alkanes) is 1. The highest BCUT2D eigenvalue weighted by Crippen LogP contribution is 2.25. The van der Waals surface area contributed by atoms with E-state index in [2.05, 4.69) is 18.5 Å². The molecule has 0 saturated carbocycles. The second kappa shape index (κ2) is 6.23. The van der Waals surface area contributed by atoms with Gasteiger partial charge in [-0.25, -0.2) is 4.98 Å². The molecule has 0 spiro atoms. The zero-order valence-electron chi connectivity index (χ0n) is 11.5. The average Bonchev–Trinajstić information content (AvgIpc) is 2.46. The maximum atomic E-state index is 5.67. The van der Waals surface area contributed by atoms with Crippen molar-refractivity contribution < 1.29 is 9.47 Å². The molecule has 0 unspecified atom stereocenters. The molecule has 1 aromatic carbocycles. The van der Waals surface area contributed by atoms with Crippen LogP contribution < -0.4 is 4.74 Å². The molecule has 0 amide bonds. The quantitative estimate of drug-likeness (QED) is 0.578. The van der Waals surface area contributed by atoms with E-state index in [4.69, 9.17) is 9.47 Å². The van der Waals surface area contributed by atoms with Gasteiger partial charge >= 0.3 is 0 Å². The van der Waals surface area contributed by atoms with E-state index >= 15 is 0 Å². The van der Waals surface area contributed by atoms with Gasteiger partial charge in [-0.2, -0.15) is 0 Å². The highest BCUT2D eigenvalue weighted by Gasteiger charge is 2.08. The first-order chi connectivity index (χ1) is 9.26. The Balaban J connectivity index is 2.33. The van der Waals surface area contributed by atoms with Crippen molar-refractivity contribution >= 4 is 16.7 Å². The topological polar surface area (TPSA) is 31.4 Å². The van der Waals surface area contributed by atoms with Crippen LogP contribution in [0.3, 0.4) is 0 Å². The van der Waals surface area contributed by atoms with E-state index in [1.807, 2.05) is 30.3 Å². The summed E-state index contributed by atoms with van der Waals surface area (Å²) >= 11 is 0. The van der Waals surface area contributed by atoms with Gasteiger partial charge in [0.05, 0.1) is 19.2 Å². The van der Waals surface area contributed by atoms with E-state index in [-0.39, 0.29) is 0 Å². The zero-order valence-corrected chi connectivity index (χ0v) is 11.5. The van der Waals surface area contributed by atoms with Gasteiger partial charge in [-0.15, -0.1) is 0 Å². The number of ether oxygens (including phenoxy) is 2. The second-order valence-corrected chi connectivity index (χ2v) is 4.36. The van der Waals surface area contributed by atoms with Crippen molar-refractivity contribution in [1.82, 2.24) is 4.98 Å². The molecule has 1 aromatic heterocycles. The summed E-state index contributed by atoms with van der Waals surface area (Å²) in [6.45, 7) is 6.82. The maximum Gasteiger partial charge on any atom is 0.213 e. The maximum absolute atomic E-state index is 5.67. The van der Waals surface area contributed by atoms with Crippen molar-refractivity contribution in [3.05, 3.63) is 42.5 Å². The molecule has 2 rings (SSSR count). The smallest absolute Gasteiger partial charge is 0.213 e. The Hall–Kier alpha value is -2.03. The Bertz CT molecular complexity index is 578. The lowest BCUT2D eigenvalue weighted by atomic mass is 10.1. The summed E-state index contributed by atoms with van der Waals surface area (Å²) in [4.78, 5) is 4.48. The molecule has 0 fully saturated rings. The van der Waals surface area contributed by atoms with Gasteiger partial charge in [-0.1, -0.05) is 32.1 Å². The molecule has 0 radical (unpaired) electrons. The SMILES string of the molecule is C=C(OCCCC)c1cccc2ccc(OC)nc12. The predicted molar refractivity (Wildman–Crippen MR) is 78.2 cm³/mol. The van der Waals surface area contributed by atoms with Crippen LogP contribution in [0.2, 0.25) is 0 Å². The fraction of sp³-hybridized carbons (Fsp3) is 0.312. The number of fused-ring (bicyclic) bond motifs is 1. The number of pyridine rings is 1. The Morgan fingerprint density at radius 2 is 2.11 bits per heavy atom.